The van der Waals surface area contributed by atoms with E-state index in [9.17, 15) is 9.59 Å². The summed E-state index contributed by atoms with van der Waals surface area (Å²) >= 11 is 1.65. The third kappa shape index (κ3) is 5.50. The number of carboxylic acid groups (broad SMARTS) is 1. The van der Waals surface area contributed by atoms with Gasteiger partial charge in [0.15, 0.2) is 0 Å². The summed E-state index contributed by atoms with van der Waals surface area (Å²) in [5, 5.41) is 13.1. The molecule has 1 unspecified atom stereocenters. The third-order valence-electron chi connectivity index (χ3n) is 3.51. The van der Waals surface area contributed by atoms with Gasteiger partial charge in [0, 0.05) is 17.5 Å². The maximum Gasteiger partial charge on any atom is 0.322 e. The number of nitrogens with one attached hydrogen (secondary N) is 1. The molecule has 0 bridgehead atoms. The average molecular weight is 332 g/mol. The molecule has 0 radical (unpaired) electrons. The van der Waals surface area contributed by atoms with E-state index >= 15 is 0 Å². The molecule has 0 aliphatic rings. The van der Waals surface area contributed by atoms with Crippen molar-refractivity contribution in [1.29, 1.82) is 0 Å². The fraction of sp³-hybridized carbons (Fsp3) is 0.294. The van der Waals surface area contributed by atoms with Gasteiger partial charge in [-0.2, -0.15) is 0 Å². The lowest BCUT2D eigenvalue weighted by atomic mass is 10.1. The molecule has 1 atom stereocenters. The molecule has 1 aromatic heterocycles. The topological polar surface area (TPSA) is 69.6 Å². The Morgan fingerprint density at radius 2 is 1.96 bits per heavy atom. The highest BCUT2D eigenvalue weighted by Crippen LogP contribution is 2.25. The van der Waals surface area contributed by atoms with Gasteiger partial charge in [-0.1, -0.05) is 36.4 Å². The molecule has 0 aliphatic heterocycles. The smallest absolute Gasteiger partial charge is 0.322 e. The van der Waals surface area contributed by atoms with E-state index in [2.05, 4.69) is 12.2 Å². The molecule has 0 fully saturated rings. The predicted molar refractivity (Wildman–Crippen MR) is 90.2 cm³/mol. The first-order valence-electron chi connectivity index (χ1n) is 7.36. The van der Waals surface area contributed by atoms with Crippen LogP contribution in [0.4, 0.5) is 0 Å². The summed E-state index contributed by atoms with van der Waals surface area (Å²) in [6.45, 7) is 2.48. The fourth-order valence-electron chi connectivity index (χ4n) is 2.27. The lowest BCUT2D eigenvalue weighted by molar-refractivity contribution is -0.138. The van der Waals surface area contributed by atoms with Crippen LogP contribution in [0.15, 0.2) is 47.8 Å². The molecule has 2 rings (SSSR count). The summed E-state index contributed by atoms with van der Waals surface area (Å²) in [5.74, 6) is -1.33. The second-order valence-corrected chi connectivity index (χ2v) is 6.23. The number of rotatable bonds is 8. The van der Waals surface area contributed by atoms with Crippen molar-refractivity contribution in [2.45, 2.75) is 19.5 Å². The van der Waals surface area contributed by atoms with Crippen molar-refractivity contribution >= 4 is 23.2 Å². The Kier molecular flexibility index (Phi) is 6.31. The zero-order valence-electron chi connectivity index (χ0n) is 12.9. The molecule has 5 nitrogen and oxygen atoms in total. The first kappa shape index (κ1) is 17.2. The van der Waals surface area contributed by atoms with Crippen molar-refractivity contribution in [3.05, 3.63) is 58.3 Å². The van der Waals surface area contributed by atoms with E-state index in [4.69, 9.17) is 5.11 Å². The molecular weight excluding hydrogens is 312 g/mol. The van der Waals surface area contributed by atoms with Crippen LogP contribution in [0.5, 0.6) is 0 Å². The number of hydrogen-bond donors (Lipinski definition) is 2. The van der Waals surface area contributed by atoms with Crippen molar-refractivity contribution in [2.24, 2.45) is 0 Å². The second-order valence-electron chi connectivity index (χ2n) is 5.25. The third-order valence-corrected chi connectivity index (χ3v) is 4.56. The Bertz CT molecular complexity index is 629. The minimum absolute atomic E-state index is 0.0748. The molecule has 2 aromatic rings. The lowest BCUT2D eigenvalue weighted by Gasteiger charge is -2.28. The second kappa shape index (κ2) is 8.45. The molecule has 0 saturated carbocycles. The van der Waals surface area contributed by atoms with Gasteiger partial charge in [-0.3, -0.25) is 14.5 Å². The zero-order chi connectivity index (χ0) is 16.7. The molecule has 1 amide bonds. The number of carbonyl (C=O) groups is 2. The van der Waals surface area contributed by atoms with Gasteiger partial charge >= 0.3 is 5.97 Å². The molecule has 0 aliphatic carbocycles. The molecule has 0 saturated heterocycles. The van der Waals surface area contributed by atoms with E-state index in [1.54, 1.807) is 11.3 Å². The summed E-state index contributed by atoms with van der Waals surface area (Å²) < 4.78 is 0. The zero-order valence-corrected chi connectivity index (χ0v) is 13.8. The maximum atomic E-state index is 12.0. The number of carbonyl (C=O) groups excluding carboxylic acids is 1. The first-order valence-corrected chi connectivity index (χ1v) is 8.24. The van der Waals surface area contributed by atoms with Gasteiger partial charge in [0.05, 0.1) is 6.54 Å². The normalized spacial score (nSPS) is 12.1. The highest BCUT2D eigenvalue weighted by Gasteiger charge is 2.20. The van der Waals surface area contributed by atoms with Crippen LogP contribution >= 0.6 is 11.3 Å². The van der Waals surface area contributed by atoms with Gasteiger partial charge in [-0.25, -0.2) is 0 Å². The fourth-order valence-corrected chi connectivity index (χ4v) is 3.09. The summed E-state index contributed by atoms with van der Waals surface area (Å²) in [6, 6.07) is 14.0. The SMILES string of the molecule is CC(c1cccs1)N(CC(=O)NCC(=O)O)Cc1ccccc1. The Morgan fingerprint density at radius 1 is 1.22 bits per heavy atom. The van der Waals surface area contributed by atoms with Crippen LogP contribution in [0.25, 0.3) is 0 Å². The highest BCUT2D eigenvalue weighted by atomic mass is 32.1. The molecule has 1 aromatic carbocycles. The van der Waals surface area contributed by atoms with Crippen molar-refractivity contribution in [3.63, 3.8) is 0 Å². The van der Waals surface area contributed by atoms with Crippen molar-refractivity contribution < 1.29 is 14.7 Å². The molecule has 122 valence electrons. The highest BCUT2D eigenvalue weighted by molar-refractivity contribution is 7.10. The minimum Gasteiger partial charge on any atom is -0.480 e. The van der Waals surface area contributed by atoms with Crippen LogP contribution in [0.1, 0.15) is 23.4 Å². The van der Waals surface area contributed by atoms with Gasteiger partial charge in [0.25, 0.3) is 0 Å². The van der Waals surface area contributed by atoms with Crippen LogP contribution < -0.4 is 5.32 Å². The van der Waals surface area contributed by atoms with Gasteiger partial charge in [0.2, 0.25) is 5.91 Å². The minimum atomic E-state index is -1.04. The van der Waals surface area contributed by atoms with E-state index in [1.807, 2.05) is 52.7 Å². The van der Waals surface area contributed by atoms with E-state index in [0.717, 1.165) is 5.56 Å². The number of aliphatic carboxylic acids is 1. The van der Waals surface area contributed by atoms with Crippen LogP contribution in [-0.2, 0) is 16.1 Å². The van der Waals surface area contributed by atoms with Crippen molar-refractivity contribution in [3.8, 4) is 0 Å². The number of carboxylic acids is 1. The Balaban J connectivity index is 2.07. The quantitative estimate of drug-likeness (QED) is 0.779. The van der Waals surface area contributed by atoms with Crippen LogP contribution in [0.3, 0.4) is 0 Å². The van der Waals surface area contributed by atoms with Crippen molar-refractivity contribution in [2.75, 3.05) is 13.1 Å². The average Bonchev–Trinajstić information content (AvgIpc) is 3.07. The molecule has 23 heavy (non-hydrogen) atoms. The van der Waals surface area contributed by atoms with Crippen LogP contribution in [0.2, 0.25) is 0 Å². The standard InChI is InChI=1S/C17H20N2O3S/c1-13(15-8-5-9-23-15)19(11-14-6-3-2-4-7-14)12-16(20)18-10-17(21)22/h2-9,13H,10-12H2,1H3,(H,18,20)(H,21,22). The number of thiophene rings is 1. The van der Waals surface area contributed by atoms with Crippen molar-refractivity contribution in [1.82, 2.24) is 10.2 Å². The summed E-state index contributed by atoms with van der Waals surface area (Å²) in [7, 11) is 0. The van der Waals surface area contributed by atoms with Crippen LogP contribution in [0, 0.1) is 0 Å². The van der Waals surface area contributed by atoms with Crippen LogP contribution in [-0.4, -0.2) is 35.0 Å². The van der Waals surface area contributed by atoms with Gasteiger partial charge < -0.3 is 10.4 Å². The molecule has 1 heterocycles. The molecular formula is C17H20N2O3S. The molecule has 6 heteroatoms. The molecule has 0 spiro atoms. The van der Waals surface area contributed by atoms with E-state index in [1.165, 1.54) is 4.88 Å². The van der Waals surface area contributed by atoms with Gasteiger partial charge in [0.1, 0.15) is 6.54 Å². The monoisotopic (exact) mass is 332 g/mol. The lowest BCUT2D eigenvalue weighted by Crippen LogP contribution is -2.39. The molecule has 2 N–H and O–H groups in total. The first-order chi connectivity index (χ1) is 11.1. The summed E-state index contributed by atoms with van der Waals surface area (Å²) in [4.78, 5) is 25.8. The Hall–Kier alpha value is -2.18. The maximum absolute atomic E-state index is 12.0. The Labute approximate surface area is 139 Å². The summed E-state index contributed by atoms with van der Waals surface area (Å²) in [5.41, 5.74) is 1.11. The number of benzene rings is 1. The Morgan fingerprint density at radius 3 is 2.57 bits per heavy atom. The number of amides is 1. The van der Waals surface area contributed by atoms with E-state index in [0.29, 0.717) is 6.54 Å². The van der Waals surface area contributed by atoms with Gasteiger partial charge in [-0.05, 0) is 23.9 Å². The van der Waals surface area contributed by atoms with Gasteiger partial charge in [-0.15, -0.1) is 11.3 Å². The number of hydrogen-bond acceptors (Lipinski definition) is 4. The summed E-state index contributed by atoms with van der Waals surface area (Å²) in [6.07, 6.45) is 0. The predicted octanol–water partition coefficient (Wildman–Crippen LogP) is 2.51. The number of nitrogens with zero attached hydrogens (tertiary/aromatic N) is 1. The van der Waals surface area contributed by atoms with E-state index < -0.39 is 5.97 Å². The van der Waals surface area contributed by atoms with E-state index in [-0.39, 0.29) is 25.0 Å². The largest absolute Gasteiger partial charge is 0.480 e.